The number of ether oxygens (including phenoxy) is 1. The third-order valence-corrected chi connectivity index (χ3v) is 4.74. The average molecular weight is 405 g/mol. The molecule has 3 rings (SSSR count). The van der Waals surface area contributed by atoms with Crippen LogP contribution in [0.25, 0.3) is 4.85 Å². The Morgan fingerprint density at radius 1 is 1.13 bits per heavy atom. The molecule has 0 radical (unpaired) electrons. The molecule has 0 fully saturated rings. The molecule has 0 saturated carbocycles. The number of ketones is 1. The topological polar surface area (TPSA) is 89.8 Å². The molecule has 1 heterocycles. The summed E-state index contributed by atoms with van der Waals surface area (Å²) in [4.78, 5) is 16.1. The molecule has 30 heavy (non-hydrogen) atoms. The molecule has 0 unspecified atom stereocenters. The quantitative estimate of drug-likeness (QED) is 0.518. The molecule has 154 valence electrons. The summed E-state index contributed by atoms with van der Waals surface area (Å²) in [5.41, 5.74) is 2.44. The Bertz CT molecular complexity index is 1000. The lowest BCUT2D eigenvalue weighted by molar-refractivity contribution is -0.118. The lowest BCUT2D eigenvalue weighted by Crippen LogP contribution is -2.12. The van der Waals surface area contributed by atoms with Gasteiger partial charge in [-0.25, -0.2) is 4.85 Å². The lowest BCUT2D eigenvalue weighted by atomic mass is 9.92. The second kappa shape index (κ2) is 10.3. The summed E-state index contributed by atoms with van der Waals surface area (Å²) in [7, 11) is 1.61. The van der Waals surface area contributed by atoms with E-state index >= 15 is 0 Å². The summed E-state index contributed by atoms with van der Waals surface area (Å²) >= 11 is 0. The number of nitrogens with zero attached hydrogens (tertiary/aromatic N) is 3. The smallest absolute Gasteiger partial charge is 0.220 e. The van der Waals surface area contributed by atoms with Gasteiger partial charge in [-0.3, -0.25) is 4.79 Å². The number of aliphatic hydroxyl groups is 1. The van der Waals surface area contributed by atoms with Crippen molar-refractivity contribution in [2.24, 2.45) is 0 Å². The summed E-state index contributed by atoms with van der Waals surface area (Å²) in [6.45, 7) is 6.94. The highest BCUT2D eigenvalue weighted by atomic mass is 16.5. The minimum Gasteiger partial charge on any atom is -0.497 e. The van der Waals surface area contributed by atoms with Crippen molar-refractivity contribution in [3.8, 4) is 5.75 Å². The number of benzene rings is 2. The minimum absolute atomic E-state index is 0.0472. The van der Waals surface area contributed by atoms with Gasteiger partial charge in [0.25, 0.3) is 0 Å². The first kappa shape index (κ1) is 21.2. The zero-order chi connectivity index (χ0) is 21.3. The maximum atomic E-state index is 12.8. The van der Waals surface area contributed by atoms with Crippen molar-refractivity contribution in [1.29, 1.82) is 0 Å². The number of aliphatic hydroxyl groups excluding tert-OH is 1. The van der Waals surface area contributed by atoms with Crippen LogP contribution in [0.1, 0.15) is 35.2 Å². The second-order valence-electron chi connectivity index (χ2n) is 6.95. The van der Waals surface area contributed by atoms with Gasteiger partial charge < -0.3 is 14.3 Å². The van der Waals surface area contributed by atoms with Gasteiger partial charge in [-0.15, -0.1) is 10.2 Å². The van der Waals surface area contributed by atoms with E-state index in [4.69, 9.17) is 20.8 Å². The van der Waals surface area contributed by atoms with Gasteiger partial charge in [0, 0.05) is 25.2 Å². The predicted octanol–water partition coefficient (Wildman–Crippen LogP) is 3.69. The van der Waals surface area contributed by atoms with Gasteiger partial charge in [-0.1, -0.05) is 36.4 Å². The molecule has 7 nitrogen and oxygen atoms in total. The van der Waals surface area contributed by atoms with E-state index in [-0.39, 0.29) is 37.6 Å². The summed E-state index contributed by atoms with van der Waals surface area (Å²) in [6, 6.07) is 14.7. The monoisotopic (exact) mass is 405 g/mol. The summed E-state index contributed by atoms with van der Waals surface area (Å²) in [6.07, 6.45) is 1.36. The Labute approximate surface area is 175 Å². The maximum absolute atomic E-state index is 12.8. The van der Waals surface area contributed by atoms with E-state index in [9.17, 15) is 4.79 Å². The van der Waals surface area contributed by atoms with Gasteiger partial charge >= 0.3 is 0 Å². The van der Waals surface area contributed by atoms with Gasteiger partial charge in [0.2, 0.25) is 11.8 Å². The molecule has 0 bridgehead atoms. The third kappa shape index (κ3) is 5.75. The highest BCUT2D eigenvalue weighted by Gasteiger charge is 2.23. The average Bonchev–Trinajstić information content (AvgIpc) is 3.23. The Kier molecular flexibility index (Phi) is 7.30. The fourth-order valence-corrected chi connectivity index (χ4v) is 3.18. The number of aromatic nitrogens is 2. The number of rotatable bonds is 10. The molecule has 0 spiro atoms. The normalized spacial score (nSPS) is 11.6. The molecule has 0 aliphatic rings. The maximum Gasteiger partial charge on any atom is 0.220 e. The van der Waals surface area contributed by atoms with Crippen LogP contribution in [0.4, 0.5) is 5.69 Å². The van der Waals surface area contributed by atoms with Crippen LogP contribution in [0.15, 0.2) is 52.9 Å². The second-order valence-corrected chi connectivity index (χ2v) is 6.95. The van der Waals surface area contributed by atoms with Crippen molar-refractivity contribution in [2.75, 3.05) is 13.7 Å². The predicted molar refractivity (Wildman–Crippen MR) is 111 cm³/mol. The minimum atomic E-state index is -0.270. The zero-order valence-electron chi connectivity index (χ0n) is 16.7. The number of hydrogen-bond donors (Lipinski definition) is 1. The van der Waals surface area contributed by atoms with E-state index in [1.54, 1.807) is 31.4 Å². The molecular formula is C23H23N3O4. The molecule has 0 amide bonds. The van der Waals surface area contributed by atoms with Crippen molar-refractivity contribution in [1.82, 2.24) is 10.2 Å². The van der Waals surface area contributed by atoms with E-state index in [0.717, 1.165) is 16.9 Å². The van der Waals surface area contributed by atoms with Gasteiger partial charge in [0.15, 0.2) is 5.69 Å². The summed E-state index contributed by atoms with van der Waals surface area (Å²) in [5.74, 6) is 1.29. The summed E-state index contributed by atoms with van der Waals surface area (Å²) in [5, 5.41) is 17.2. The van der Waals surface area contributed by atoms with Gasteiger partial charge in [-0.2, -0.15) is 0 Å². The number of methoxy groups -OCH3 is 1. The van der Waals surface area contributed by atoms with Crippen LogP contribution in [0, 0.1) is 6.57 Å². The largest absolute Gasteiger partial charge is 0.497 e. The number of carbonyl (C=O) groups excluding carboxylic acids is 1. The summed E-state index contributed by atoms with van der Waals surface area (Å²) < 4.78 is 10.9. The van der Waals surface area contributed by atoms with Crippen LogP contribution >= 0.6 is 0 Å². The van der Waals surface area contributed by atoms with Crippen LogP contribution in [-0.2, 0) is 24.1 Å². The van der Waals surface area contributed by atoms with E-state index in [1.807, 2.05) is 24.3 Å². The first-order valence-corrected chi connectivity index (χ1v) is 9.65. The number of hydrogen-bond acceptors (Lipinski definition) is 6. The van der Waals surface area contributed by atoms with E-state index < -0.39 is 0 Å². The van der Waals surface area contributed by atoms with Crippen molar-refractivity contribution in [2.45, 2.75) is 31.6 Å². The standard InChI is InChI=1S/C23H23N3O4/c1-24-19-7-3-17(4-8-19)14-20(28)15-18(23-26-25-22(30-23)11-12-27)13-16-5-9-21(29-2)10-6-16/h3-10,18,27H,11-15H2,2H3/t18-/m1/s1. The first-order chi connectivity index (χ1) is 14.6. The van der Waals surface area contributed by atoms with Gasteiger partial charge in [0.1, 0.15) is 11.5 Å². The number of Topliss-reactive ketones (excluding diaryl/α,β-unsaturated/α-hetero) is 1. The van der Waals surface area contributed by atoms with Crippen molar-refractivity contribution < 1.29 is 19.1 Å². The van der Waals surface area contributed by atoms with Crippen molar-refractivity contribution >= 4 is 11.5 Å². The van der Waals surface area contributed by atoms with Gasteiger partial charge in [-0.05, 0) is 29.7 Å². The highest BCUT2D eigenvalue weighted by Crippen LogP contribution is 2.26. The molecular weight excluding hydrogens is 382 g/mol. The molecule has 1 atom stereocenters. The van der Waals surface area contributed by atoms with E-state index in [2.05, 4.69) is 15.0 Å². The molecule has 0 saturated heterocycles. The van der Waals surface area contributed by atoms with Gasteiger partial charge in [0.05, 0.1) is 20.3 Å². The van der Waals surface area contributed by atoms with Crippen LogP contribution < -0.4 is 4.74 Å². The molecule has 0 aliphatic carbocycles. The Hall–Kier alpha value is -3.50. The van der Waals surface area contributed by atoms with E-state index in [1.165, 1.54) is 0 Å². The third-order valence-electron chi connectivity index (χ3n) is 4.74. The van der Waals surface area contributed by atoms with Crippen LogP contribution in [-0.4, -0.2) is 34.8 Å². The first-order valence-electron chi connectivity index (χ1n) is 9.65. The van der Waals surface area contributed by atoms with Crippen LogP contribution in [0.3, 0.4) is 0 Å². The molecule has 1 aromatic heterocycles. The SMILES string of the molecule is [C-]#[N+]c1ccc(CC(=O)C[C@@H](Cc2ccc(OC)cc2)c2nnc(CCO)o2)cc1. The van der Waals surface area contributed by atoms with Crippen LogP contribution in [0.5, 0.6) is 5.75 Å². The van der Waals surface area contributed by atoms with Crippen molar-refractivity contribution in [3.05, 3.63) is 82.9 Å². The molecule has 3 aromatic rings. The fraction of sp³-hybridized carbons (Fsp3) is 0.304. The fourth-order valence-electron chi connectivity index (χ4n) is 3.18. The van der Waals surface area contributed by atoms with Crippen LogP contribution in [0.2, 0.25) is 0 Å². The Balaban J connectivity index is 1.74. The molecule has 1 N–H and O–H groups in total. The Morgan fingerprint density at radius 3 is 2.47 bits per heavy atom. The highest BCUT2D eigenvalue weighted by molar-refractivity contribution is 5.81. The molecule has 0 aliphatic heterocycles. The zero-order valence-corrected chi connectivity index (χ0v) is 16.7. The lowest BCUT2D eigenvalue weighted by Gasteiger charge is -2.13. The van der Waals surface area contributed by atoms with Crippen molar-refractivity contribution in [3.63, 3.8) is 0 Å². The molecule has 2 aromatic carbocycles. The van der Waals surface area contributed by atoms with E-state index in [0.29, 0.717) is 23.9 Å². The number of carbonyl (C=O) groups is 1. The molecule has 7 heteroatoms. The Morgan fingerprint density at radius 2 is 1.83 bits per heavy atom.